The van der Waals surface area contributed by atoms with Gasteiger partial charge in [-0.15, -0.1) is 0 Å². The molecule has 0 spiro atoms. The molecule has 0 aromatic heterocycles. The smallest absolute Gasteiger partial charge is 0.0962 e. The summed E-state index contributed by atoms with van der Waals surface area (Å²) in [6, 6.07) is 0. The van der Waals surface area contributed by atoms with E-state index in [9.17, 15) is 0 Å². The maximum Gasteiger partial charge on any atom is 0.0962 e. The molecule has 0 saturated carbocycles. The van der Waals surface area contributed by atoms with Gasteiger partial charge in [-0.3, -0.25) is 0 Å². The fraction of sp³-hybridized carbons (Fsp3) is 1.00. The van der Waals surface area contributed by atoms with Crippen LogP contribution in [-0.4, -0.2) is 25.2 Å². The minimum Gasteiger partial charge on any atom is -0.333 e. The van der Waals surface area contributed by atoms with Crippen LogP contribution in [0.5, 0.6) is 0 Å². The highest BCUT2D eigenvalue weighted by Crippen LogP contribution is 1.99. The number of quaternary nitrogens is 1. The fourth-order valence-corrected chi connectivity index (χ4v) is 1.88. The van der Waals surface area contributed by atoms with E-state index < -0.39 is 0 Å². The largest absolute Gasteiger partial charge is 0.333 e. The molecule has 2 N–H and O–H groups in total. The zero-order valence-electron chi connectivity index (χ0n) is 10.8. The Kier molecular flexibility index (Phi) is 8.49. The Hall–Kier alpha value is 0.210. The van der Waals surface area contributed by atoms with Crippen LogP contribution in [-0.2, 0) is 0 Å². The summed E-state index contributed by atoms with van der Waals surface area (Å²) in [4.78, 5) is 4.55. The maximum atomic E-state index is 5.74. The summed E-state index contributed by atoms with van der Waals surface area (Å²) in [6.45, 7) is 12.5. The quantitative estimate of drug-likeness (QED) is 0.585. The molecule has 0 heterocycles. The van der Waals surface area contributed by atoms with Gasteiger partial charge in [-0.05, 0) is 38.5 Å². The third-order valence-corrected chi connectivity index (χ3v) is 3.23. The Labute approximate surface area is 100 Å². The Morgan fingerprint density at radius 1 is 1.07 bits per heavy atom. The molecule has 0 unspecified atom stereocenters. The molecule has 0 aliphatic rings. The average molecular weight is 236 g/mol. The predicted molar refractivity (Wildman–Crippen MR) is 68.4 cm³/mol. The van der Waals surface area contributed by atoms with E-state index in [0.717, 1.165) is 6.54 Å². The van der Waals surface area contributed by atoms with Gasteiger partial charge in [-0.2, -0.15) is 0 Å². The van der Waals surface area contributed by atoms with E-state index in [2.05, 4.69) is 32.5 Å². The van der Waals surface area contributed by atoms with Gasteiger partial charge in [0.25, 0.3) is 0 Å². The lowest BCUT2D eigenvalue weighted by Crippen LogP contribution is -3.14. The van der Waals surface area contributed by atoms with Crippen molar-refractivity contribution < 1.29 is 4.90 Å². The second-order valence-corrected chi connectivity index (χ2v) is 5.30. The highest BCUT2D eigenvalue weighted by Gasteiger charge is 2.22. The van der Waals surface area contributed by atoms with Gasteiger partial charge in [-0.1, -0.05) is 26.7 Å². The Balaban J connectivity index is 3.98. The van der Waals surface area contributed by atoms with Crippen LogP contribution in [0.15, 0.2) is 0 Å². The number of hydrogen-bond donors (Lipinski definition) is 2. The van der Waals surface area contributed by atoms with Crippen LogP contribution in [0, 0.1) is 0 Å². The molecular formula is C12H28ClN2+. The minimum atomic E-state index is 0.0401. The van der Waals surface area contributed by atoms with Crippen molar-refractivity contribution in [1.82, 2.24) is 4.84 Å². The van der Waals surface area contributed by atoms with Crippen LogP contribution < -0.4 is 9.74 Å². The van der Waals surface area contributed by atoms with Gasteiger partial charge < -0.3 is 4.90 Å². The summed E-state index contributed by atoms with van der Waals surface area (Å²) in [5.41, 5.74) is 0.0401. The normalized spacial score (nSPS) is 12.4. The van der Waals surface area contributed by atoms with Gasteiger partial charge in [0.2, 0.25) is 0 Å². The zero-order valence-corrected chi connectivity index (χ0v) is 11.6. The van der Waals surface area contributed by atoms with E-state index in [-0.39, 0.29) is 5.54 Å². The lowest BCUT2D eigenvalue weighted by Gasteiger charge is -2.28. The Morgan fingerprint density at radius 3 is 1.87 bits per heavy atom. The number of halogens is 1. The van der Waals surface area contributed by atoms with Gasteiger partial charge in [0.05, 0.1) is 25.2 Å². The van der Waals surface area contributed by atoms with Crippen molar-refractivity contribution >= 4 is 11.8 Å². The van der Waals surface area contributed by atoms with Gasteiger partial charge in [0, 0.05) is 0 Å². The van der Waals surface area contributed by atoms with E-state index in [1.807, 2.05) is 0 Å². The molecular weight excluding hydrogens is 208 g/mol. The first kappa shape index (κ1) is 15.2. The van der Waals surface area contributed by atoms with Crippen molar-refractivity contribution in [2.75, 3.05) is 19.6 Å². The zero-order chi connectivity index (χ0) is 11.7. The molecule has 0 rings (SSSR count). The third kappa shape index (κ3) is 8.06. The molecule has 0 atom stereocenters. The molecule has 0 amide bonds. The van der Waals surface area contributed by atoms with Crippen LogP contribution in [0.2, 0.25) is 0 Å². The number of unbranched alkanes of at least 4 members (excludes halogenated alkanes) is 2. The van der Waals surface area contributed by atoms with Gasteiger partial charge in [0.15, 0.2) is 0 Å². The molecule has 0 aliphatic heterocycles. The number of nitrogens with one attached hydrogen (secondary N) is 2. The van der Waals surface area contributed by atoms with Crippen molar-refractivity contribution in [2.45, 2.75) is 58.9 Å². The van der Waals surface area contributed by atoms with Crippen LogP contribution in [0.3, 0.4) is 0 Å². The first-order chi connectivity index (χ1) is 7.05. The van der Waals surface area contributed by atoms with Crippen molar-refractivity contribution in [3.05, 3.63) is 0 Å². The summed E-state index contributed by atoms with van der Waals surface area (Å²) in [5, 5.41) is 0. The molecule has 0 bridgehead atoms. The first-order valence-corrected chi connectivity index (χ1v) is 6.65. The second kappa shape index (κ2) is 8.37. The molecule has 0 fully saturated rings. The molecule has 0 aromatic carbocycles. The number of rotatable bonds is 9. The van der Waals surface area contributed by atoms with Crippen molar-refractivity contribution in [1.29, 1.82) is 0 Å². The van der Waals surface area contributed by atoms with E-state index in [0.29, 0.717) is 0 Å². The highest BCUT2D eigenvalue weighted by molar-refractivity contribution is 6.13. The molecule has 0 radical (unpaired) electrons. The maximum absolute atomic E-state index is 5.74. The summed E-state index contributed by atoms with van der Waals surface area (Å²) >= 11 is 5.74. The van der Waals surface area contributed by atoms with Gasteiger partial charge in [-0.25, -0.2) is 4.84 Å². The van der Waals surface area contributed by atoms with Crippen molar-refractivity contribution in [3.8, 4) is 0 Å². The van der Waals surface area contributed by atoms with E-state index in [4.69, 9.17) is 11.8 Å². The molecule has 0 aliphatic carbocycles. The van der Waals surface area contributed by atoms with Crippen molar-refractivity contribution in [2.24, 2.45) is 0 Å². The van der Waals surface area contributed by atoms with Crippen LogP contribution in [0.1, 0.15) is 53.4 Å². The summed E-state index contributed by atoms with van der Waals surface area (Å²) < 4.78 is 0. The first-order valence-electron chi connectivity index (χ1n) is 6.27. The predicted octanol–water partition coefficient (Wildman–Crippen LogP) is 1.99. The molecule has 3 heteroatoms. The molecule has 15 heavy (non-hydrogen) atoms. The number of hydrogen-bond acceptors (Lipinski definition) is 1. The lowest BCUT2D eigenvalue weighted by molar-refractivity contribution is -0.904. The van der Waals surface area contributed by atoms with E-state index >= 15 is 0 Å². The molecule has 2 nitrogen and oxygen atoms in total. The van der Waals surface area contributed by atoms with Crippen LogP contribution in [0.25, 0.3) is 0 Å². The summed E-state index contributed by atoms with van der Waals surface area (Å²) in [6.07, 6.45) is 5.20. The van der Waals surface area contributed by atoms with E-state index in [1.54, 1.807) is 4.90 Å². The van der Waals surface area contributed by atoms with Crippen molar-refractivity contribution in [3.63, 3.8) is 0 Å². The fourth-order valence-electron chi connectivity index (χ4n) is 1.81. The molecule has 0 saturated heterocycles. The van der Waals surface area contributed by atoms with Crippen LogP contribution in [0.4, 0.5) is 0 Å². The molecule has 92 valence electrons. The minimum absolute atomic E-state index is 0.0401. The Morgan fingerprint density at radius 2 is 1.53 bits per heavy atom. The van der Waals surface area contributed by atoms with E-state index in [1.165, 1.54) is 38.8 Å². The summed E-state index contributed by atoms with van der Waals surface area (Å²) in [5.74, 6) is 0. The van der Waals surface area contributed by atoms with Gasteiger partial charge >= 0.3 is 0 Å². The topological polar surface area (TPSA) is 16.5 Å². The molecule has 0 aromatic rings. The van der Waals surface area contributed by atoms with Gasteiger partial charge in [0.1, 0.15) is 0 Å². The highest BCUT2D eigenvalue weighted by atomic mass is 35.5. The third-order valence-electron chi connectivity index (χ3n) is 2.72. The standard InChI is InChI=1S/C12H27ClN2/c1-5-7-9-15(10-8-6-2)11-12(3,4)14-13/h14H,5-11H2,1-4H3/p+1. The lowest BCUT2D eigenvalue weighted by atomic mass is 10.1. The SMILES string of the molecule is CCCC[NH+](CCCC)CC(C)(C)NCl. The van der Waals surface area contributed by atoms with Crippen LogP contribution >= 0.6 is 11.8 Å². The second-order valence-electron chi connectivity index (χ2n) is 5.11. The monoisotopic (exact) mass is 235 g/mol. The summed E-state index contributed by atoms with van der Waals surface area (Å²) in [7, 11) is 0. The Bertz CT molecular complexity index is 141. The average Bonchev–Trinajstić information content (AvgIpc) is 2.22.